The van der Waals surface area contributed by atoms with Gasteiger partial charge >= 0.3 is 0 Å². The molecule has 34 heavy (non-hydrogen) atoms. The number of benzene rings is 2. The highest BCUT2D eigenvalue weighted by Gasteiger charge is 2.45. The molecule has 182 valence electrons. The Hall–Kier alpha value is -3.35. The van der Waals surface area contributed by atoms with Crippen LogP contribution in [-0.2, 0) is 4.74 Å². The minimum absolute atomic E-state index is 0.0450. The fourth-order valence-corrected chi connectivity index (χ4v) is 3.81. The topological polar surface area (TPSA) is 168 Å². The molecule has 5 N–H and O–H groups in total. The molecule has 0 unspecified atom stereocenters. The van der Waals surface area contributed by atoms with E-state index in [0.29, 0.717) is 0 Å². The number of aliphatic hydroxyl groups is 4. The van der Waals surface area contributed by atoms with Gasteiger partial charge in [0.1, 0.15) is 47.1 Å². The van der Waals surface area contributed by atoms with E-state index in [1.165, 1.54) is 26.4 Å². The molecule has 11 nitrogen and oxygen atoms in total. The van der Waals surface area contributed by atoms with Gasteiger partial charge in [0.25, 0.3) is 0 Å². The largest absolute Gasteiger partial charge is 0.507 e. The summed E-state index contributed by atoms with van der Waals surface area (Å²) in [6, 6.07) is 8.77. The molecule has 0 spiro atoms. The van der Waals surface area contributed by atoms with Crippen LogP contribution in [0.4, 0.5) is 0 Å². The maximum atomic E-state index is 12.9. The maximum Gasteiger partial charge on any atom is 0.229 e. The van der Waals surface area contributed by atoms with Crippen LogP contribution in [0, 0.1) is 0 Å². The molecular weight excluding hydrogens is 452 g/mol. The highest BCUT2D eigenvalue weighted by molar-refractivity contribution is 5.92. The Morgan fingerprint density at radius 3 is 2.38 bits per heavy atom. The van der Waals surface area contributed by atoms with Gasteiger partial charge in [0, 0.05) is 12.1 Å². The molecular formula is C23H24O11. The highest BCUT2D eigenvalue weighted by Crippen LogP contribution is 2.42. The standard InChI is InChI=1S/C23H24O11/c1-30-15-8-12(26)17-11(25)7-14(32-22(17)21(15)31-2)10-5-3-4-6-13(10)33-23-20(29)19(28)18(27)16(9-24)34-23/h3-8,16,18-20,23-24,26-29H,9H2,1-2H3/t16-,18+,19-,20-,23+/m1/s1. The van der Waals surface area contributed by atoms with Crippen molar-refractivity contribution in [2.24, 2.45) is 0 Å². The molecule has 4 rings (SSSR count). The van der Waals surface area contributed by atoms with E-state index in [4.69, 9.17) is 23.4 Å². The molecule has 5 atom stereocenters. The van der Waals surface area contributed by atoms with E-state index in [1.807, 2.05) is 0 Å². The third-order valence-electron chi connectivity index (χ3n) is 5.57. The molecule has 0 radical (unpaired) electrons. The molecule has 2 aromatic carbocycles. The maximum absolute atomic E-state index is 12.9. The highest BCUT2D eigenvalue weighted by atomic mass is 16.7. The zero-order chi connectivity index (χ0) is 24.6. The number of phenols is 1. The quantitative estimate of drug-likeness (QED) is 0.333. The number of para-hydroxylation sites is 1. The van der Waals surface area contributed by atoms with Gasteiger partial charge < -0.3 is 48.9 Å². The summed E-state index contributed by atoms with van der Waals surface area (Å²) >= 11 is 0. The second-order valence-electron chi connectivity index (χ2n) is 7.62. The number of hydrogen-bond donors (Lipinski definition) is 5. The Morgan fingerprint density at radius 1 is 0.971 bits per heavy atom. The van der Waals surface area contributed by atoms with Gasteiger partial charge in [0.05, 0.1) is 26.4 Å². The van der Waals surface area contributed by atoms with E-state index in [9.17, 15) is 30.3 Å². The number of ether oxygens (including phenoxy) is 4. The van der Waals surface area contributed by atoms with Gasteiger partial charge in [-0.15, -0.1) is 0 Å². The molecule has 0 saturated carbocycles. The van der Waals surface area contributed by atoms with Crippen LogP contribution in [0.3, 0.4) is 0 Å². The SMILES string of the molecule is COc1cc(O)c2c(=O)cc(-c3ccccc3O[C@H]3O[C@H](CO)[C@H](O)[C@@H](O)[C@H]3O)oc2c1OC. The third-order valence-corrected chi connectivity index (χ3v) is 5.57. The van der Waals surface area contributed by atoms with Crippen molar-refractivity contribution in [3.8, 4) is 34.3 Å². The Balaban J connectivity index is 1.80. The van der Waals surface area contributed by atoms with E-state index < -0.39 is 42.7 Å². The van der Waals surface area contributed by atoms with Crippen molar-refractivity contribution in [1.82, 2.24) is 0 Å². The first kappa shape index (κ1) is 23.8. The molecule has 1 fully saturated rings. The average Bonchev–Trinajstić information content (AvgIpc) is 2.84. The Labute approximate surface area is 192 Å². The lowest BCUT2D eigenvalue weighted by atomic mass is 9.99. The molecule has 0 bridgehead atoms. The van der Waals surface area contributed by atoms with Crippen LogP contribution in [0.5, 0.6) is 23.0 Å². The fraction of sp³-hybridized carbons (Fsp3) is 0.348. The predicted octanol–water partition coefficient (Wildman–Crippen LogP) is 0.361. The van der Waals surface area contributed by atoms with Gasteiger partial charge in [-0.2, -0.15) is 0 Å². The monoisotopic (exact) mass is 476 g/mol. The zero-order valence-corrected chi connectivity index (χ0v) is 18.2. The van der Waals surface area contributed by atoms with Crippen LogP contribution in [0.15, 0.2) is 45.6 Å². The Kier molecular flexibility index (Phi) is 6.64. The van der Waals surface area contributed by atoms with Crippen LogP contribution < -0.4 is 19.6 Å². The van der Waals surface area contributed by atoms with Crippen LogP contribution in [0.1, 0.15) is 0 Å². The zero-order valence-electron chi connectivity index (χ0n) is 18.2. The minimum Gasteiger partial charge on any atom is -0.507 e. The summed E-state index contributed by atoms with van der Waals surface area (Å²) in [5, 5.41) is 49.9. The molecule has 1 aliphatic heterocycles. The van der Waals surface area contributed by atoms with Crippen molar-refractivity contribution in [3.05, 3.63) is 46.6 Å². The fourth-order valence-electron chi connectivity index (χ4n) is 3.81. The number of hydrogen-bond acceptors (Lipinski definition) is 11. The van der Waals surface area contributed by atoms with E-state index in [1.54, 1.807) is 18.2 Å². The number of rotatable bonds is 6. The third kappa shape index (κ3) is 4.04. The van der Waals surface area contributed by atoms with Gasteiger partial charge in [-0.1, -0.05) is 12.1 Å². The van der Waals surface area contributed by atoms with Crippen molar-refractivity contribution in [3.63, 3.8) is 0 Å². The van der Waals surface area contributed by atoms with Crippen LogP contribution >= 0.6 is 0 Å². The molecule has 2 heterocycles. The van der Waals surface area contributed by atoms with Crippen LogP contribution in [0.2, 0.25) is 0 Å². The summed E-state index contributed by atoms with van der Waals surface area (Å²) in [6.07, 6.45) is -7.39. The van der Waals surface area contributed by atoms with Gasteiger partial charge in [-0.05, 0) is 12.1 Å². The summed E-state index contributed by atoms with van der Waals surface area (Å²) in [4.78, 5) is 12.9. The van der Waals surface area contributed by atoms with E-state index in [0.717, 1.165) is 6.07 Å². The van der Waals surface area contributed by atoms with Crippen molar-refractivity contribution >= 4 is 11.0 Å². The van der Waals surface area contributed by atoms with E-state index >= 15 is 0 Å². The minimum atomic E-state index is -1.63. The molecule has 1 aromatic heterocycles. The molecule has 1 saturated heterocycles. The van der Waals surface area contributed by atoms with Gasteiger partial charge in [-0.25, -0.2) is 0 Å². The number of aromatic hydroxyl groups is 1. The molecule has 0 aliphatic carbocycles. The first-order valence-corrected chi connectivity index (χ1v) is 10.3. The lowest BCUT2D eigenvalue weighted by Gasteiger charge is -2.39. The summed E-state index contributed by atoms with van der Waals surface area (Å²) in [6.45, 7) is -0.614. The molecule has 11 heteroatoms. The average molecular weight is 476 g/mol. The number of fused-ring (bicyclic) bond motifs is 1. The van der Waals surface area contributed by atoms with E-state index in [-0.39, 0.29) is 45.3 Å². The number of methoxy groups -OCH3 is 2. The van der Waals surface area contributed by atoms with Crippen LogP contribution in [0.25, 0.3) is 22.3 Å². The first-order valence-electron chi connectivity index (χ1n) is 10.3. The van der Waals surface area contributed by atoms with E-state index in [2.05, 4.69) is 0 Å². The number of phenolic OH excluding ortho intramolecular Hbond substituents is 1. The summed E-state index contributed by atoms with van der Waals surface area (Å²) in [5.41, 5.74) is -0.329. The van der Waals surface area contributed by atoms with Gasteiger partial charge in [0.2, 0.25) is 12.0 Å². The summed E-state index contributed by atoms with van der Waals surface area (Å²) < 4.78 is 27.6. The van der Waals surface area contributed by atoms with Gasteiger partial charge in [0.15, 0.2) is 16.8 Å². The normalized spacial score (nSPS) is 24.7. The Bertz CT molecular complexity index is 1240. The predicted molar refractivity (Wildman–Crippen MR) is 117 cm³/mol. The first-order chi connectivity index (χ1) is 16.3. The van der Waals surface area contributed by atoms with Crippen LogP contribution in [-0.4, -0.2) is 77.1 Å². The lowest BCUT2D eigenvalue weighted by Crippen LogP contribution is -2.60. The Morgan fingerprint density at radius 2 is 1.71 bits per heavy atom. The van der Waals surface area contributed by atoms with Crippen molar-refractivity contribution in [1.29, 1.82) is 0 Å². The molecule has 3 aromatic rings. The smallest absolute Gasteiger partial charge is 0.229 e. The van der Waals surface area contributed by atoms with Crippen molar-refractivity contribution < 1.29 is 48.9 Å². The lowest BCUT2D eigenvalue weighted by molar-refractivity contribution is -0.277. The second kappa shape index (κ2) is 9.49. The number of aliphatic hydroxyl groups excluding tert-OH is 4. The second-order valence-corrected chi connectivity index (χ2v) is 7.62. The molecule has 0 amide bonds. The van der Waals surface area contributed by atoms with Gasteiger partial charge in [-0.3, -0.25) is 4.79 Å². The van der Waals surface area contributed by atoms with Crippen molar-refractivity contribution in [2.75, 3.05) is 20.8 Å². The molecule has 1 aliphatic rings. The van der Waals surface area contributed by atoms with Crippen molar-refractivity contribution in [2.45, 2.75) is 30.7 Å². The summed E-state index contributed by atoms with van der Waals surface area (Å²) in [7, 11) is 2.73. The summed E-state index contributed by atoms with van der Waals surface area (Å²) in [5.74, 6) is 0.0584.